The van der Waals surface area contributed by atoms with Gasteiger partial charge < -0.3 is 14.8 Å². The molecule has 0 aromatic heterocycles. The first kappa shape index (κ1) is 15.8. The number of fused-ring (bicyclic) bond motifs is 1. The highest BCUT2D eigenvalue weighted by Crippen LogP contribution is 2.28. The number of nitrogens with one attached hydrogen (secondary N) is 1. The lowest BCUT2D eigenvalue weighted by Gasteiger charge is -2.15. The molecule has 0 fully saturated rings. The van der Waals surface area contributed by atoms with Gasteiger partial charge in [0.15, 0.2) is 6.79 Å². The van der Waals surface area contributed by atoms with Gasteiger partial charge in [-0.1, -0.05) is 44.2 Å². The molecule has 0 aliphatic heterocycles. The van der Waals surface area contributed by atoms with E-state index >= 15 is 0 Å². The molecule has 0 atom stereocenters. The molecule has 0 saturated carbocycles. The van der Waals surface area contributed by atoms with Gasteiger partial charge in [0, 0.05) is 18.7 Å². The minimum Gasteiger partial charge on any atom is -0.467 e. The Morgan fingerprint density at radius 3 is 2.67 bits per heavy atom. The summed E-state index contributed by atoms with van der Waals surface area (Å²) in [5, 5.41) is 5.98. The Hall–Kier alpha value is -1.58. The smallest absolute Gasteiger partial charge is 0.189 e. The van der Waals surface area contributed by atoms with Crippen LogP contribution in [0.15, 0.2) is 36.4 Å². The molecule has 0 unspecified atom stereocenters. The molecule has 0 bridgehead atoms. The predicted octanol–water partition coefficient (Wildman–Crippen LogP) is 3.96. The molecule has 2 rings (SSSR count). The molecular formula is C18H25NO2. The van der Waals surface area contributed by atoms with E-state index < -0.39 is 0 Å². The zero-order valence-corrected chi connectivity index (χ0v) is 13.2. The summed E-state index contributed by atoms with van der Waals surface area (Å²) in [4.78, 5) is 0. The number of rotatable bonds is 8. The Morgan fingerprint density at radius 1 is 1.10 bits per heavy atom. The quantitative estimate of drug-likeness (QED) is 0.589. The third-order valence-corrected chi connectivity index (χ3v) is 3.35. The first-order valence-corrected chi connectivity index (χ1v) is 7.64. The minimum absolute atomic E-state index is 0.298. The molecule has 0 spiro atoms. The van der Waals surface area contributed by atoms with Gasteiger partial charge in [0.25, 0.3) is 0 Å². The summed E-state index contributed by atoms with van der Waals surface area (Å²) >= 11 is 0. The third-order valence-electron chi connectivity index (χ3n) is 3.35. The van der Waals surface area contributed by atoms with E-state index in [2.05, 4.69) is 49.5 Å². The van der Waals surface area contributed by atoms with Crippen LogP contribution in [0.2, 0.25) is 0 Å². The Morgan fingerprint density at radius 2 is 1.90 bits per heavy atom. The van der Waals surface area contributed by atoms with Gasteiger partial charge in [0.05, 0.1) is 0 Å². The van der Waals surface area contributed by atoms with E-state index in [4.69, 9.17) is 9.47 Å². The van der Waals surface area contributed by atoms with Crippen LogP contribution in [0.4, 0.5) is 0 Å². The van der Waals surface area contributed by atoms with Crippen molar-refractivity contribution in [2.75, 3.05) is 19.9 Å². The fourth-order valence-corrected chi connectivity index (χ4v) is 2.31. The molecule has 0 saturated heterocycles. The average molecular weight is 287 g/mol. The average Bonchev–Trinajstić information content (AvgIpc) is 2.48. The van der Waals surface area contributed by atoms with E-state index in [1.165, 1.54) is 16.3 Å². The Kier molecular flexibility index (Phi) is 6.03. The second-order valence-corrected chi connectivity index (χ2v) is 5.54. The van der Waals surface area contributed by atoms with E-state index in [0.717, 1.165) is 18.8 Å². The van der Waals surface area contributed by atoms with Crippen molar-refractivity contribution in [2.24, 2.45) is 5.92 Å². The molecule has 3 heteroatoms. The number of hydrogen-bond donors (Lipinski definition) is 1. The molecule has 21 heavy (non-hydrogen) atoms. The molecule has 2 aromatic rings. The molecule has 2 aromatic carbocycles. The van der Waals surface area contributed by atoms with Crippen molar-refractivity contribution in [3.8, 4) is 5.75 Å². The molecular weight excluding hydrogens is 262 g/mol. The van der Waals surface area contributed by atoms with E-state index in [1.807, 2.05) is 13.0 Å². The van der Waals surface area contributed by atoms with E-state index in [-0.39, 0.29) is 0 Å². The predicted molar refractivity (Wildman–Crippen MR) is 87.6 cm³/mol. The van der Waals surface area contributed by atoms with Crippen LogP contribution < -0.4 is 10.1 Å². The van der Waals surface area contributed by atoms with Gasteiger partial charge in [-0.25, -0.2) is 0 Å². The van der Waals surface area contributed by atoms with Gasteiger partial charge in [0.1, 0.15) is 5.75 Å². The van der Waals surface area contributed by atoms with Crippen molar-refractivity contribution in [1.82, 2.24) is 5.32 Å². The zero-order chi connectivity index (χ0) is 15.1. The van der Waals surface area contributed by atoms with Crippen LogP contribution in [0, 0.1) is 5.92 Å². The van der Waals surface area contributed by atoms with Crippen molar-refractivity contribution < 1.29 is 9.47 Å². The summed E-state index contributed by atoms with van der Waals surface area (Å²) in [6.07, 6.45) is 0. The summed E-state index contributed by atoms with van der Waals surface area (Å²) in [5.74, 6) is 1.53. The first-order valence-electron chi connectivity index (χ1n) is 7.64. The molecule has 0 heterocycles. The monoisotopic (exact) mass is 287 g/mol. The van der Waals surface area contributed by atoms with Gasteiger partial charge in [0.2, 0.25) is 0 Å². The fourth-order valence-electron chi connectivity index (χ4n) is 2.31. The number of benzene rings is 2. The van der Waals surface area contributed by atoms with Crippen LogP contribution in [-0.2, 0) is 11.3 Å². The lowest BCUT2D eigenvalue weighted by atomic mass is 10.0. The highest BCUT2D eigenvalue weighted by atomic mass is 16.7. The van der Waals surface area contributed by atoms with Crippen molar-refractivity contribution in [2.45, 2.75) is 27.3 Å². The molecule has 1 N–H and O–H groups in total. The topological polar surface area (TPSA) is 30.5 Å². The van der Waals surface area contributed by atoms with Crippen molar-refractivity contribution in [3.63, 3.8) is 0 Å². The maximum Gasteiger partial charge on any atom is 0.189 e. The summed E-state index contributed by atoms with van der Waals surface area (Å²) in [6, 6.07) is 12.5. The van der Waals surface area contributed by atoms with Crippen LogP contribution in [0.3, 0.4) is 0 Å². The van der Waals surface area contributed by atoms with Crippen LogP contribution in [0.25, 0.3) is 10.8 Å². The summed E-state index contributed by atoms with van der Waals surface area (Å²) in [7, 11) is 0. The summed E-state index contributed by atoms with van der Waals surface area (Å²) < 4.78 is 11.1. The normalized spacial score (nSPS) is 11.2. The van der Waals surface area contributed by atoms with Crippen molar-refractivity contribution >= 4 is 10.8 Å². The second kappa shape index (κ2) is 8.01. The molecule has 0 amide bonds. The summed E-state index contributed by atoms with van der Waals surface area (Å²) in [5.41, 5.74) is 1.20. The number of hydrogen-bond acceptors (Lipinski definition) is 3. The molecule has 0 radical (unpaired) electrons. The highest BCUT2D eigenvalue weighted by molar-refractivity contribution is 5.87. The Balaban J connectivity index is 2.23. The molecule has 0 aliphatic carbocycles. The summed E-state index contributed by atoms with van der Waals surface area (Å²) in [6.45, 7) is 9.15. The third kappa shape index (κ3) is 4.45. The van der Waals surface area contributed by atoms with E-state index in [1.54, 1.807) is 0 Å². The van der Waals surface area contributed by atoms with Gasteiger partial charge in [-0.15, -0.1) is 0 Å². The van der Waals surface area contributed by atoms with Crippen LogP contribution in [0.5, 0.6) is 5.75 Å². The van der Waals surface area contributed by atoms with Crippen LogP contribution in [0.1, 0.15) is 26.3 Å². The highest BCUT2D eigenvalue weighted by Gasteiger charge is 2.09. The van der Waals surface area contributed by atoms with Gasteiger partial charge in [-0.2, -0.15) is 0 Å². The van der Waals surface area contributed by atoms with Gasteiger partial charge >= 0.3 is 0 Å². The molecule has 3 nitrogen and oxygen atoms in total. The van der Waals surface area contributed by atoms with Crippen molar-refractivity contribution in [3.05, 3.63) is 42.0 Å². The molecule has 114 valence electrons. The van der Waals surface area contributed by atoms with E-state index in [0.29, 0.717) is 19.3 Å². The number of ether oxygens (including phenoxy) is 2. The SMILES string of the molecule is CCOCOc1ccc2ccccc2c1CNCC(C)C. The van der Waals surface area contributed by atoms with E-state index in [9.17, 15) is 0 Å². The maximum absolute atomic E-state index is 5.78. The Bertz CT molecular complexity index is 566. The zero-order valence-electron chi connectivity index (χ0n) is 13.2. The second-order valence-electron chi connectivity index (χ2n) is 5.54. The first-order chi connectivity index (χ1) is 10.2. The van der Waals surface area contributed by atoms with Gasteiger partial charge in [-0.05, 0) is 36.2 Å². The van der Waals surface area contributed by atoms with Crippen LogP contribution in [-0.4, -0.2) is 19.9 Å². The maximum atomic E-state index is 5.78. The van der Waals surface area contributed by atoms with Crippen molar-refractivity contribution in [1.29, 1.82) is 0 Å². The van der Waals surface area contributed by atoms with Gasteiger partial charge in [-0.3, -0.25) is 0 Å². The lowest BCUT2D eigenvalue weighted by Crippen LogP contribution is -2.19. The lowest BCUT2D eigenvalue weighted by molar-refractivity contribution is 0.0219. The fraction of sp³-hybridized carbons (Fsp3) is 0.444. The molecule has 0 aliphatic rings. The Labute approximate surface area is 127 Å². The largest absolute Gasteiger partial charge is 0.467 e. The van der Waals surface area contributed by atoms with Crippen LogP contribution >= 0.6 is 0 Å². The standard InChI is InChI=1S/C18H25NO2/c1-4-20-13-21-18-10-9-15-7-5-6-8-16(15)17(18)12-19-11-14(2)3/h5-10,14,19H,4,11-13H2,1-3H3. The minimum atomic E-state index is 0.298.